The van der Waals surface area contributed by atoms with Gasteiger partial charge in [-0.05, 0) is 29.7 Å². The smallest absolute Gasteiger partial charge is 0.342 e. The van der Waals surface area contributed by atoms with Gasteiger partial charge >= 0.3 is 5.97 Å². The lowest BCUT2D eigenvalue weighted by Crippen LogP contribution is -2.40. The molecule has 0 amide bonds. The van der Waals surface area contributed by atoms with E-state index in [1.165, 1.54) is 0 Å². The molecule has 0 aliphatic rings. The Hall–Kier alpha value is -2.94. The molecule has 3 aromatic rings. The van der Waals surface area contributed by atoms with Gasteiger partial charge in [0.25, 0.3) is 0 Å². The third kappa shape index (κ3) is 3.95. The largest absolute Gasteiger partial charge is 0.462 e. The summed E-state index contributed by atoms with van der Waals surface area (Å²) < 4.78 is 5.37. The molecule has 29 heavy (non-hydrogen) atoms. The fraction of sp³-hybridized carbons (Fsp3) is 0.125. The van der Waals surface area contributed by atoms with Gasteiger partial charge in [-0.15, -0.1) is 0 Å². The maximum Gasteiger partial charge on any atom is 0.342 e. The number of Topliss-reactive ketones (excluding diaryl/α,β-unsaturated/α-hetero) is 1. The van der Waals surface area contributed by atoms with E-state index in [2.05, 4.69) is 0 Å². The van der Waals surface area contributed by atoms with Crippen LogP contribution in [0.3, 0.4) is 0 Å². The Morgan fingerprint density at radius 2 is 1.14 bits per heavy atom. The van der Waals surface area contributed by atoms with E-state index in [4.69, 9.17) is 10.5 Å². The van der Waals surface area contributed by atoms with Crippen LogP contribution >= 0.6 is 6.89 Å². The van der Waals surface area contributed by atoms with Crippen molar-refractivity contribution in [1.82, 2.24) is 0 Å². The van der Waals surface area contributed by atoms with Crippen molar-refractivity contribution in [3.63, 3.8) is 0 Å². The van der Waals surface area contributed by atoms with Crippen LogP contribution in [0.25, 0.3) is 0 Å². The molecule has 148 valence electrons. The van der Waals surface area contributed by atoms with Crippen LogP contribution in [-0.4, -0.2) is 30.2 Å². The molecular formula is C24H24NO3P. The van der Waals surface area contributed by atoms with Crippen molar-refractivity contribution in [1.29, 1.82) is 0 Å². The van der Waals surface area contributed by atoms with Crippen LogP contribution in [0.4, 0.5) is 0 Å². The van der Waals surface area contributed by atoms with E-state index in [9.17, 15) is 9.59 Å². The van der Waals surface area contributed by atoms with Gasteiger partial charge in [0.15, 0.2) is 5.78 Å². The first-order chi connectivity index (χ1) is 14.2. The number of carbonyl (C=O) groups is 2. The van der Waals surface area contributed by atoms with Gasteiger partial charge in [-0.2, -0.15) is 0 Å². The molecule has 3 aromatic carbocycles. The standard InChI is InChI=1S/C24H24NO3P/c1-2-28-24(27)23(22(26)18-25)29(19-12-6-3-7-13-19,20-14-8-4-9-15-20)21-16-10-5-11-17-21/h3-17H,2,18,25H2,1H3. The Labute approximate surface area is 171 Å². The first-order valence-corrected chi connectivity index (χ1v) is 11.3. The number of rotatable bonds is 7. The van der Waals surface area contributed by atoms with E-state index in [1.54, 1.807) is 6.92 Å². The average Bonchev–Trinajstić information content (AvgIpc) is 2.79. The zero-order chi connectivity index (χ0) is 20.7. The van der Waals surface area contributed by atoms with Crippen LogP contribution in [-0.2, 0) is 14.3 Å². The molecule has 4 nitrogen and oxygen atoms in total. The van der Waals surface area contributed by atoms with E-state index in [0.717, 1.165) is 15.9 Å². The topological polar surface area (TPSA) is 69.4 Å². The number of esters is 1. The molecule has 0 saturated heterocycles. The summed E-state index contributed by atoms with van der Waals surface area (Å²) in [5.41, 5.74) is 5.78. The maximum absolute atomic E-state index is 13.2. The molecule has 0 aromatic heterocycles. The number of hydrogen-bond acceptors (Lipinski definition) is 4. The summed E-state index contributed by atoms with van der Waals surface area (Å²) in [5, 5.41) is 2.84. The SMILES string of the molecule is CCOC(=O)C(C(=O)CN)=P(c1ccccc1)(c1ccccc1)c1ccccc1. The lowest BCUT2D eigenvalue weighted by atomic mass is 10.3. The van der Waals surface area contributed by atoms with Crippen molar-refractivity contribution in [2.45, 2.75) is 6.92 Å². The van der Waals surface area contributed by atoms with Gasteiger partial charge in [-0.3, -0.25) is 4.79 Å². The van der Waals surface area contributed by atoms with Crippen molar-refractivity contribution in [3.8, 4) is 0 Å². The summed E-state index contributed by atoms with van der Waals surface area (Å²) in [6.07, 6.45) is 0. The molecule has 0 aliphatic carbocycles. The number of nitrogens with two attached hydrogens (primary N) is 1. The van der Waals surface area contributed by atoms with Crippen LogP contribution in [0.5, 0.6) is 0 Å². The molecule has 0 radical (unpaired) electrons. The summed E-state index contributed by atoms with van der Waals surface area (Å²) in [7, 11) is 0. The second kappa shape index (κ2) is 9.51. The van der Waals surface area contributed by atoms with Crippen molar-refractivity contribution < 1.29 is 14.3 Å². The first kappa shape index (κ1) is 20.8. The molecule has 2 N–H and O–H groups in total. The Balaban J connectivity index is 2.61. The van der Waals surface area contributed by atoms with Crippen LogP contribution in [0.1, 0.15) is 6.92 Å². The fourth-order valence-electron chi connectivity index (χ4n) is 3.52. The second-order valence-electron chi connectivity index (χ2n) is 6.37. The predicted octanol–water partition coefficient (Wildman–Crippen LogP) is 2.24. The zero-order valence-corrected chi connectivity index (χ0v) is 17.2. The molecular weight excluding hydrogens is 381 g/mol. The normalized spacial score (nSPS) is 11.0. The summed E-state index contributed by atoms with van der Waals surface area (Å²) in [6, 6.07) is 29.1. The van der Waals surface area contributed by atoms with Crippen LogP contribution in [0, 0.1) is 0 Å². The highest BCUT2D eigenvalue weighted by Crippen LogP contribution is 2.46. The summed E-state index contributed by atoms with van der Waals surface area (Å²) in [5.74, 6) is -0.999. The Morgan fingerprint density at radius 1 is 0.759 bits per heavy atom. The molecule has 0 fully saturated rings. The minimum absolute atomic E-state index is 0.130. The summed E-state index contributed by atoms with van der Waals surface area (Å²) >= 11 is 0. The Bertz CT molecular complexity index is 928. The minimum Gasteiger partial charge on any atom is -0.462 e. The first-order valence-electron chi connectivity index (χ1n) is 9.50. The highest BCUT2D eigenvalue weighted by molar-refractivity contribution is 7.97. The van der Waals surface area contributed by atoms with Gasteiger partial charge in [-0.1, -0.05) is 91.0 Å². The molecule has 0 aliphatic heterocycles. The second-order valence-corrected chi connectivity index (χ2v) is 9.71. The average molecular weight is 405 g/mol. The lowest BCUT2D eigenvalue weighted by Gasteiger charge is -2.31. The number of hydrogen-bond donors (Lipinski definition) is 1. The Morgan fingerprint density at radius 3 is 1.45 bits per heavy atom. The summed E-state index contributed by atoms with van der Waals surface area (Å²) in [6.45, 7) is -1.16. The highest BCUT2D eigenvalue weighted by atomic mass is 31.2. The molecule has 0 heterocycles. The number of carbonyl (C=O) groups excluding carboxylic acids is 2. The number of ketones is 1. The van der Waals surface area contributed by atoms with Crippen molar-refractivity contribution in [2.75, 3.05) is 13.2 Å². The molecule has 0 spiro atoms. The lowest BCUT2D eigenvalue weighted by molar-refractivity contribution is -0.135. The van der Waals surface area contributed by atoms with E-state index in [0.29, 0.717) is 0 Å². The molecule has 0 unspecified atom stereocenters. The third-order valence-electron chi connectivity index (χ3n) is 4.68. The molecule has 0 atom stereocenters. The van der Waals surface area contributed by atoms with Crippen LogP contribution < -0.4 is 21.6 Å². The van der Waals surface area contributed by atoms with Gasteiger partial charge in [0.05, 0.1) is 13.2 Å². The van der Waals surface area contributed by atoms with Gasteiger partial charge in [0.1, 0.15) is 5.29 Å². The van der Waals surface area contributed by atoms with Gasteiger partial charge in [0.2, 0.25) is 0 Å². The monoisotopic (exact) mass is 405 g/mol. The van der Waals surface area contributed by atoms with E-state index in [-0.39, 0.29) is 18.4 Å². The van der Waals surface area contributed by atoms with Crippen LogP contribution in [0.15, 0.2) is 91.0 Å². The molecule has 0 bridgehead atoms. The number of benzene rings is 3. The summed E-state index contributed by atoms with van der Waals surface area (Å²) in [4.78, 5) is 26.4. The van der Waals surface area contributed by atoms with Gasteiger partial charge in [-0.25, -0.2) is 4.79 Å². The van der Waals surface area contributed by atoms with Crippen molar-refractivity contribution in [2.24, 2.45) is 5.73 Å². The van der Waals surface area contributed by atoms with E-state index >= 15 is 0 Å². The quantitative estimate of drug-likeness (QED) is 0.372. The van der Waals surface area contributed by atoms with Gasteiger partial charge < -0.3 is 10.5 Å². The fourth-order valence-corrected chi connectivity index (χ4v) is 7.85. The number of ether oxygens (including phenoxy) is 1. The minimum atomic E-state index is -2.81. The zero-order valence-electron chi connectivity index (χ0n) is 16.3. The third-order valence-corrected chi connectivity index (χ3v) is 9.01. The maximum atomic E-state index is 13.2. The van der Waals surface area contributed by atoms with E-state index < -0.39 is 18.6 Å². The molecule has 5 heteroatoms. The highest BCUT2D eigenvalue weighted by Gasteiger charge is 2.36. The van der Waals surface area contributed by atoms with Crippen molar-refractivity contribution in [3.05, 3.63) is 91.0 Å². The Kier molecular flexibility index (Phi) is 6.82. The van der Waals surface area contributed by atoms with Crippen molar-refractivity contribution >= 4 is 39.8 Å². The van der Waals surface area contributed by atoms with Crippen LogP contribution in [0.2, 0.25) is 0 Å². The van der Waals surface area contributed by atoms with E-state index in [1.807, 2.05) is 91.0 Å². The molecule has 3 rings (SSSR count). The molecule has 0 saturated carbocycles. The predicted molar refractivity (Wildman–Crippen MR) is 121 cm³/mol. The van der Waals surface area contributed by atoms with Gasteiger partial charge in [0, 0.05) is 0 Å².